The molecule has 3 rings (SSSR count). The van der Waals surface area contributed by atoms with Crippen LogP contribution >= 0.6 is 0 Å². The maximum absolute atomic E-state index is 13.2. The van der Waals surface area contributed by atoms with Crippen molar-refractivity contribution in [2.75, 3.05) is 23.9 Å². The number of hydrogen-bond donors (Lipinski definition) is 0. The maximum atomic E-state index is 13.2. The van der Waals surface area contributed by atoms with Gasteiger partial charge in [-0.3, -0.25) is 9.78 Å². The van der Waals surface area contributed by atoms with Gasteiger partial charge < -0.3 is 14.2 Å². The van der Waals surface area contributed by atoms with E-state index in [4.69, 9.17) is 4.42 Å². The molecule has 0 saturated heterocycles. The minimum Gasteiger partial charge on any atom is -0.466 e. The van der Waals surface area contributed by atoms with Crippen LogP contribution in [-0.2, 0) is 11.2 Å². The van der Waals surface area contributed by atoms with Crippen molar-refractivity contribution in [2.45, 2.75) is 32.7 Å². The summed E-state index contributed by atoms with van der Waals surface area (Å²) in [7, 11) is 4.00. The van der Waals surface area contributed by atoms with Crippen LogP contribution in [0.25, 0.3) is 0 Å². The van der Waals surface area contributed by atoms with Gasteiger partial charge in [0.15, 0.2) is 0 Å². The molecular weight excluding hydrogens is 350 g/mol. The van der Waals surface area contributed by atoms with Crippen molar-refractivity contribution in [3.8, 4) is 0 Å². The molecule has 0 aliphatic heterocycles. The largest absolute Gasteiger partial charge is 0.466 e. The van der Waals surface area contributed by atoms with E-state index >= 15 is 0 Å². The number of carbonyl (C=O) groups excluding carboxylic acids is 1. The average molecular weight is 377 g/mol. The van der Waals surface area contributed by atoms with Crippen LogP contribution in [0.2, 0.25) is 0 Å². The lowest BCUT2D eigenvalue weighted by Crippen LogP contribution is -2.34. The maximum Gasteiger partial charge on any atom is 0.228 e. The van der Waals surface area contributed by atoms with E-state index in [-0.39, 0.29) is 11.9 Å². The van der Waals surface area contributed by atoms with Crippen molar-refractivity contribution >= 4 is 17.3 Å². The highest BCUT2D eigenvalue weighted by molar-refractivity contribution is 5.94. The molecule has 28 heavy (non-hydrogen) atoms. The van der Waals surface area contributed by atoms with E-state index in [2.05, 4.69) is 4.98 Å². The summed E-state index contributed by atoms with van der Waals surface area (Å²) in [6, 6.07) is 17.5. The summed E-state index contributed by atoms with van der Waals surface area (Å²) >= 11 is 0. The summed E-state index contributed by atoms with van der Waals surface area (Å²) < 4.78 is 5.62. The first-order chi connectivity index (χ1) is 13.5. The Labute approximate surface area is 166 Å². The number of anilines is 2. The second kappa shape index (κ2) is 8.74. The van der Waals surface area contributed by atoms with Crippen molar-refractivity contribution in [2.24, 2.45) is 0 Å². The fourth-order valence-corrected chi connectivity index (χ4v) is 3.22. The topological polar surface area (TPSA) is 49.6 Å². The minimum absolute atomic E-state index is 0.0461. The lowest BCUT2D eigenvalue weighted by molar-refractivity contribution is -0.119. The Morgan fingerprint density at radius 1 is 1.04 bits per heavy atom. The van der Waals surface area contributed by atoms with Gasteiger partial charge in [0.1, 0.15) is 11.5 Å². The van der Waals surface area contributed by atoms with Gasteiger partial charge >= 0.3 is 0 Å². The van der Waals surface area contributed by atoms with Gasteiger partial charge in [-0.1, -0.05) is 6.07 Å². The van der Waals surface area contributed by atoms with Crippen LogP contribution in [0, 0.1) is 6.92 Å². The number of aryl methyl sites for hydroxylation is 2. The molecule has 0 fully saturated rings. The van der Waals surface area contributed by atoms with Crippen molar-refractivity contribution in [1.29, 1.82) is 0 Å². The Hall–Kier alpha value is -3.08. The Morgan fingerprint density at radius 2 is 1.75 bits per heavy atom. The van der Waals surface area contributed by atoms with E-state index in [1.54, 1.807) is 6.20 Å². The van der Waals surface area contributed by atoms with E-state index in [1.807, 2.05) is 92.3 Å². The third-order valence-electron chi connectivity index (χ3n) is 4.80. The Kier molecular flexibility index (Phi) is 6.14. The first kappa shape index (κ1) is 19.7. The van der Waals surface area contributed by atoms with E-state index in [0.29, 0.717) is 12.8 Å². The summed E-state index contributed by atoms with van der Waals surface area (Å²) in [5.41, 5.74) is 2.82. The highest BCUT2D eigenvalue weighted by atomic mass is 16.3. The van der Waals surface area contributed by atoms with E-state index < -0.39 is 0 Å². The second-order valence-corrected chi connectivity index (χ2v) is 7.12. The van der Waals surface area contributed by atoms with Gasteiger partial charge in [-0.2, -0.15) is 0 Å². The molecule has 0 aliphatic carbocycles. The molecule has 0 aliphatic rings. The fourth-order valence-electron chi connectivity index (χ4n) is 3.22. The van der Waals surface area contributed by atoms with Gasteiger partial charge in [-0.15, -0.1) is 0 Å². The number of hydrogen-bond acceptors (Lipinski definition) is 4. The Balaban J connectivity index is 1.85. The number of carbonyl (C=O) groups is 1. The number of aromatic nitrogens is 1. The van der Waals surface area contributed by atoms with Gasteiger partial charge in [-0.05, 0) is 62.4 Å². The predicted octanol–water partition coefficient (Wildman–Crippen LogP) is 4.78. The number of pyridine rings is 1. The lowest BCUT2D eigenvalue weighted by atomic mass is 10.1. The molecule has 0 N–H and O–H groups in total. The van der Waals surface area contributed by atoms with Crippen molar-refractivity contribution in [3.63, 3.8) is 0 Å². The molecule has 1 aromatic carbocycles. The van der Waals surface area contributed by atoms with Crippen LogP contribution in [0.5, 0.6) is 0 Å². The number of benzene rings is 1. The summed E-state index contributed by atoms with van der Waals surface area (Å²) in [5.74, 6) is 1.74. The zero-order valence-corrected chi connectivity index (χ0v) is 16.9. The monoisotopic (exact) mass is 377 g/mol. The zero-order chi connectivity index (χ0) is 20.1. The third kappa shape index (κ3) is 4.60. The highest BCUT2D eigenvalue weighted by Crippen LogP contribution is 2.29. The standard InChI is InChI=1S/C23H27N3O2/c1-17-8-13-21(28-17)14-15-23(27)26(18(2)22-7-5-6-16-24-22)20-11-9-19(10-12-20)25(3)4/h5-13,16,18H,14-15H2,1-4H3. The number of rotatable bonds is 7. The first-order valence-corrected chi connectivity index (χ1v) is 9.51. The van der Waals surface area contributed by atoms with Crippen LogP contribution in [0.1, 0.15) is 36.6 Å². The molecule has 5 nitrogen and oxygen atoms in total. The van der Waals surface area contributed by atoms with E-state index in [0.717, 1.165) is 28.6 Å². The van der Waals surface area contributed by atoms with Crippen LogP contribution in [0.3, 0.4) is 0 Å². The quantitative estimate of drug-likeness (QED) is 0.595. The van der Waals surface area contributed by atoms with Gasteiger partial charge in [-0.25, -0.2) is 0 Å². The smallest absolute Gasteiger partial charge is 0.228 e. The summed E-state index contributed by atoms with van der Waals surface area (Å²) in [5, 5.41) is 0. The number of amides is 1. The highest BCUT2D eigenvalue weighted by Gasteiger charge is 2.24. The van der Waals surface area contributed by atoms with Crippen LogP contribution in [-0.4, -0.2) is 25.0 Å². The molecule has 5 heteroatoms. The van der Waals surface area contributed by atoms with Gasteiger partial charge in [0.25, 0.3) is 0 Å². The molecule has 146 valence electrons. The van der Waals surface area contributed by atoms with Gasteiger partial charge in [0, 0.05) is 44.5 Å². The van der Waals surface area contributed by atoms with Crippen molar-refractivity contribution in [1.82, 2.24) is 4.98 Å². The van der Waals surface area contributed by atoms with Crippen molar-refractivity contribution < 1.29 is 9.21 Å². The minimum atomic E-state index is -0.169. The summed E-state index contributed by atoms with van der Waals surface area (Å²) in [6.45, 7) is 3.92. The molecule has 3 aromatic rings. The zero-order valence-electron chi connectivity index (χ0n) is 16.9. The Morgan fingerprint density at radius 3 is 2.32 bits per heavy atom. The van der Waals surface area contributed by atoms with E-state index in [9.17, 15) is 4.79 Å². The van der Waals surface area contributed by atoms with Crippen molar-refractivity contribution in [3.05, 3.63) is 78.0 Å². The SMILES string of the molecule is Cc1ccc(CCC(=O)N(c2ccc(N(C)C)cc2)C(C)c2ccccn2)o1. The normalized spacial score (nSPS) is 11.9. The van der Waals surface area contributed by atoms with Gasteiger partial charge in [0.2, 0.25) is 5.91 Å². The molecule has 2 aromatic heterocycles. The molecule has 0 bridgehead atoms. The molecule has 0 spiro atoms. The number of nitrogens with zero attached hydrogens (tertiary/aromatic N) is 3. The van der Waals surface area contributed by atoms with E-state index in [1.165, 1.54) is 0 Å². The third-order valence-corrected chi connectivity index (χ3v) is 4.80. The fraction of sp³-hybridized carbons (Fsp3) is 0.304. The predicted molar refractivity (Wildman–Crippen MR) is 113 cm³/mol. The molecule has 1 amide bonds. The molecule has 0 saturated carbocycles. The van der Waals surface area contributed by atoms with Crippen LogP contribution < -0.4 is 9.80 Å². The molecule has 1 atom stereocenters. The summed E-state index contributed by atoms with van der Waals surface area (Å²) in [4.78, 5) is 21.5. The number of furan rings is 1. The molecule has 2 heterocycles. The molecule has 1 unspecified atom stereocenters. The first-order valence-electron chi connectivity index (χ1n) is 9.51. The molecular formula is C23H27N3O2. The lowest BCUT2D eigenvalue weighted by Gasteiger charge is -2.29. The average Bonchev–Trinajstić information content (AvgIpc) is 3.13. The second-order valence-electron chi connectivity index (χ2n) is 7.12. The summed E-state index contributed by atoms with van der Waals surface area (Å²) in [6.07, 6.45) is 2.71. The van der Waals surface area contributed by atoms with Gasteiger partial charge in [0.05, 0.1) is 11.7 Å². The van der Waals surface area contributed by atoms with Crippen LogP contribution in [0.15, 0.2) is 65.2 Å². The molecule has 0 radical (unpaired) electrons. The van der Waals surface area contributed by atoms with Crippen LogP contribution in [0.4, 0.5) is 11.4 Å². The Bertz CT molecular complexity index is 901.